The summed E-state index contributed by atoms with van der Waals surface area (Å²) in [7, 11) is 2.64. The average molecular weight is 121 g/mol. The third-order valence-corrected chi connectivity index (χ3v) is 0.942. The van der Waals surface area contributed by atoms with Gasteiger partial charge in [-0.2, -0.15) is 0 Å². The topological polar surface area (TPSA) is 29.4 Å². The van der Waals surface area contributed by atoms with Crippen LogP contribution in [0.1, 0.15) is 6.92 Å². The van der Waals surface area contributed by atoms with E-state index in [0.29, 0.717) is 8.37 Å². The van der Waals surface area contributed by atoms with Gasteiger partial charge in [0.25, 0.3) is 0 Å². The van der Waals surface area contributed by atoms with Crippen LogP contribution in [0.3, 0.4) is 0 Å². The van der Waals surface area contributed by atoms with Gasteiger partial charge in [-0.1, -0.05) is 0 Å². The van der Waals surface area contributed by atoms with Gasteiger partial charge >= 0.3 is 0 Å². The van der Waals surface area contributed by atoms with Gasteiger partial charge in [-0.05, 0) is 9.39 Å². The lowest BCUT2D eigenvalue weighted by molar-refractivity contribution is -0.109. The molecular formula is C2H5NOP2. The van der Waals surface area contributed by atoms with Crippen LogP contribution < -0.4 is 0 Å². The minimum absolute atomic E-state index is 0.0741. The van der Waals surface area contributed by atoms with E-state index < -0.39 is 0 Å². The molecule has 0 spiro atoms. The van der Waals surface area contributed by atoms with Crippen LogP contribution in [-0.4, -0.2) is 5.52 Å². The van der Waals surface area contributed by atoms with Crippen LogP contribution in [0.25, 0.3) is 0 Å². The highest BCUT2D eigenvalue weighted by Crippen LogP contribution is 2.02. The van der Waals surface area contributed by atoms with Crippen molar-refractivity contribution in [1.29, 1.82) is 0 Å². The van der Waals surface area contributed by atoms with Gasteiger partial charge in [-0.3, -0.25) is 4.79 Å². The van der Waals surface area contributed by atoms with Crippen LogP contribution >= 0.6 is 17.8 Å². The van der Waals surface area contributed by atoms with Crippen LogP contribution in [0, 0.1) is 0 Å². The Morgan fingerprint density at radius 2 is 2.50 bits per heavy atom. The van der Waals surface area contributed by atoms with E-state index >= 15 is 0 Å². The Hall–Kier alpha value is 0.200. The van der Waals surface area contributed by atoms with E-state index in [1.54, 1.807) is 0 Å². The van der Waals surface area contributed by atoms with E-state index in [1.165, 1.54) is 6.92 Å². The van der Waals surface area contributed by atoms with Gasteiger partial charge in [0.15, 0.2) is 5.52 Å². The molecule has 0 aromatic heterocycles. The van der Waals surface area contributed by atoms with E-state index in [9.17, 15) is 4.79 Å². The first-order chi connectivity index (χ1) is 2.77. The van der Waals surface area contributed by atoms with Crippen molar-refractivity contribution in [3.05, 3.63) is 0 Å². The molecule has 0 amide bonds. The first-order valence-corrected chi connectivity index (χ1v) is 2.75. The maximum Gasteiger partial charge on any atom is 0.197 e. The first-order valence-electron chi connectivity index (χ1n) is 1.39. The Balaban J connectivity index is 3.30. The maximum atomic E-state index is 9.92. The molecule has 0 aliphatic carbocycles. The Kier molecular flexibility index (Phi) is 3.51. The third-order valence-electron chi connectivity index (χ3n) is 0.199. The summed E-state index contributed by atoms with van der Waals surface area (Å²) in [4.78, 5) is 9.92. The number of hydrogen-bond donors (Lipinski definition) is 0. The van der Waals surface area contributed by atoms with Gasteiger partial charge in [-0.15, -0.1) is 0 Å². The standard InChI is InChI=1S/C2H5NOP2/c1-2(4)6-3-5/h5H2,1H3. The zero-order valence-corrected chi connectivity index (χ0v) is 5.43. The molecule has 0 heterocycles. The van der Waals surface area contributed by atoms with Gasteiger partial charge in [0, 0.05) is 6.92 Å². The molecular weight excluding hydrogens is 116 g/mol. The summed E-state index contributed by atoms with van der Waals surface area (Å²) in [6.07, 6.45) is 0. The Labute approximate surface area is 40.5 Å². The summed E-state index contributed by atoms with van der Waals surface area (Å²) in [5.74, 6) is 0. The minimum Gasteiger partial charge on any atom is -0.288 e. The highest BCUT2D eigenvalue weighted by molar-refractivity contribution is 7.51. The number of nitrogens with zero attached hydrogens (tertiary/aromatic N) is 1. The van der Waals surface area contributed by atoms with Crippen molar-refractivity contribution in [2.24, 2.45) is 4.52 Å². The van der Waals surface area contributed by atoms with Gasteiger partial charge in [0.05, 0.1) is 8.37 Å². The van der Waals surface area contributed by atoms with Crippen molar-refractivity contribution in [3.63, 3.8) is 0 Å². The molecule has 2 nitrogen and oxygen atoms in total. The summed E-state index contributed by atoms with van der Waals surface area (Å²) < 4.78 is 3.47. The molecule has 0 fully saturated rings. The predicted molar refractivity (Wildman–Crippen MR) is 29.7 cm³/mol. The first kappa shape index (κ1) is 6.20. The fraction of sp³-hybridized carbons (Fsp3) is 0.500. The summed E-state index contributed by atoms with van der Waals surface area (Å²) in [5.41, 5.74) is 0.0741. The molecule has 1 unspecified atom stereocenters. The van der Waals surface area contributed by atoms with Crippen molar-refractivity contribution in [2.75, 3.05) is 0 Å². The molecule has 34 valence electrons. The average Bonchev–Trinajstić information content (AvgIpc) is 1.35. The second-order valence-corrected chi connectivity index (χ2v) is 2.49. The largest absolute Gasteiger partial charge is 0.288 e. The van der Waals surface area contributed by atoms with Crippen molar-refractivity contribution in [2.45, 2.75) is 6.92 Å². The Morgan fingerprint density at radius 1 is 2.00 bits per heavy atom. The molecule has 0 aliphatic rings. The molecule has 0 N–H and O–H groups in total. The number of rotatable bonds is 1. The summed E-state index contributed by atoms with van der Waals surface area (Å²) in [5, 5.41) is 0. The smallest absolute Gasteiger partial charge is 0.197 e. The fourth-order valence-electron chi connectivity index (χ4n) is 0.0813. The molecule has 0 rings (SSSR count). The van der Waals surface area contributed by atoms with Crippen molar-refractivity contribution in [1.82, 2.24) is 0 Å². The summed E-state index contributed by atoms with van der Waals surface area (Å²) in [6.45, 7) is 1.50. The summed E-state index contributed by atoms with van der Waals surface area (Å²) in [6, 6.07) is 0. The van der Waals surface area contributed by atoms with E-state index in [0.717, 1.165) is 0 Å². The highest BCUT2D eigenvalue weighted by atomic mass is 31.1. The third kappa shape index (κ3) is 4.20. The summed E-state index contributed by atoms with van der Waals surface area (Å²) >= 11 is 0. The lowest BCUT2D eigenvalue weighted by atomic mass is 10.9. The van der Waals surface area contributed by atoms with Crippen molar-refractivity contribution >= 4 is 23.3 Å². The van der Waals surface area contributed by atoms with E-state index in [4.69, 9.17) is 0 Å². The van der Waals surface area contributed by atoms with Crippen molar-refractivity contribution < 1.29 is 4.79 Å². The lowest BCUT2D eigenvalue weighted by Crippen LogP contribution is -1.64. The Bertz CT molecular complexity index is 79.6. The molecule has 0 radical (unpaired) electrons. The van der Waals surface area contributed by atoms with Crippen LogP contribution in [0.4, 0.5) is 0 Å². The molecule has 0 aromatic carbocycles. The van der Waals surface area contributed by atoms with Crippen LogP contribution in [0.2, 0.25) is 0 Å². The quantitative estimate of drug-likeness (QED) is 0.482. The molecule has 6 heavy (non-hydrogen) atoms. The molecule has 0 bridgehead atoms. The van der Waals surface area contributed by atoms with Crippen LogP contribution in [0.5, 0.6) is 0 Å². The van der Waals surface area contributed by atoms with E-state index in [-0.39, 0.29) is 5.52 Å². The zero-order valence-electron chi connectivity index (χ0n) is 3.38. The highest BCUT2D eigenvalue weighted by Gasteiger charge is 1.76. The maximum absolute atomic E-state index is 9.92. The molecule has 0 saturated heterocycles. The molecule has 4 heteroatoms. The fourth-order valence-corrected chi connectivity index (χ4v) is 0.732. The SMILES string of the molecule is CC(=O)P=NP. The second kappa shape index (κ2) is 3.39. The normalized spacial score (nSPS) is 9.67. The molecule has 1 atom stereocenters. The number of carbonyl (C=O) groups excluding carboxylic acids is 1. The molecule has 0 aliphatic heterocycles. The van der Waals surface area contributed by atoms with E-state index in [1.807, 2.05) is 0 Å². The van der Waals surface area contributed by atoms with Crippen molar-refractivity contribution in [3.8, 4) is 0 Å². The lowest BCUT2D eigenvalue weighted by Gasteiger charge is -1.66. The van der Waals surface area contributed by atoms with Gasteiger partial charge in [0.2, 0.25) is 0 Å². The monoisotopic (exact) mass is 121 g/mol. The minimum atomic E-state index is 0.0741. The predicted octanol–water partition coefficient (Wildman–Crippen LogP) is 1.45. The number of carbonyl (C=O) groups is 1. The zero-order chi connectivity index (χ0) is 4.99. The van der Waals surface area contributed by atoms with Crippen LogP contribution in [0.15, 0.2) is 4.52 Å². The van der Waals surface area contributed by atoms with Gasteiger partial charge < -0.3 is 0 Å². The Morgan fingerprint density at radius 3 is 2.50 bits per heavy atom. The van der Waals surface area contributed by atoms with Crippen LogP contribution in [-0.2, 0) is 4.79 Å². The van der Waals surface area contributed by atoms with Gasteiger partial charge in [-0.25, -0.2) is 4.52 Å². The van der Waals surface area contributed by atoms with E-state index in [2.05, 4.69) is 13.9 Å². The molecule has 0 aromatic rings. The number of hydrogen-bond acceptors (Lipinski definition) is 2. The molecule has 0 saturated carbocycles. The van der Waals surface area contributed by atoms with Gasteiger partial charge in [0.1, 0.15) is 0 Å². The second-order valence-electron chi connectivity index (χ2n) is 0.734.